The van der Waals surface area contributed by atoms with E-state index in [1.165, 1.54) is 66.8 Å². The summed E-state index contributed by atoms with van der Waals surface area (Å²) in [6.45, 7) is 0. The normalized spacial score (nSPS) is 20.9. The van der Waals surface area contributed by atoms with Crippen LogP contribution in [0.15, 0.2) is 78.9 Å². The molecule has 0 aliphatic heterocycles. The third-order valence-corrected chi connectivity index (χ3v) is 7.12. The minimum absolute atomic E-state index is 0.00955. The fourth-order valence-corrected chi connectivity index (χ4v) is 4.68. The van der Waals surface area contributed by atoms with Crippen LogP contribution < -0.4 is 0 Å². The maximum absolute atomic E-state index is 12.9. The number of phenolic OH excluding ortho intramolecular Hbond substituents is 5. The molecule has 0 heterocycles. The van der Waals surface area contributed by atoms with Crippen LogP contribution >= 0.6 is 0 Å². The van der Waals surface area contributed by atoms with Crippen LogP contribution in [0, 0.1) is 0 Å². The molecule has 3 aromatic rings. The zero-order valence-electron chi connectivity index (χ0n) is 24.9. The molecule has 0 aromatic heterocycles. The van der Waals surface area contributed by atoms with E-state index in [1.54, 1.807) is 0 Å². The lowest BCUT2D eigenvalue weighted by Gasteiger charge is -2.41. The third-order valence-electron chi connectivity index (χ3n) is 7.12. The Morgan fingerprint density at radius 2 is 0.979 bits per heavy atom. The highest BCUT2D eigenvalue weighted by Crippen LogP contribution is 2.35. The van der Waals surface area contributed by atoms with Crippen molar-refractivity contribution in [2.45, 2.75) is 36.8 Å². The highest BCUT2D eigenvalue weighted by molar-refractivity contribution is 5.89. The molecule has 7 N–H and O–H groups in total. The second kappa shape index (κ2) is 14.9. The van der Waals surface area contributed by atoms with Crippen LogP contribution in [0.2, 0.25) is 0 Å². The van der Waals surface area contributed by atoms with Gasteiger partial charge in [0.05, 0.1) is 0 Å². The van der Waals surface area contributed by atoms with Gasteiger partial charge in [0, 0.05) is 31.1 Å². The Morgan fingerprint density at radius 1 is 0.583 bits per heavy atom. The molecule has 1 saturated carbocycles. The number of carbonyl (C=O) groups is 4. The third kappa shape index (κ3) is 9.14. The predicted molar refractivity (Wildman–Crippen MR) is 166 cm³/mol. The number of hydrogen-bond donors (Lipinski definition) is 7. The maximum Gasteiger partial charge on any atom is 0.335 e. The smallest absolute Gasteiger partial charge is 0.335 e. The van der Waals surface area contributed by atoms with E-state index in [9.17, 15) is 54.9 Å². The molecule has 0 spiro atoms. The van der Waals surface area contributed by atoms with Gasteiger partial charge in [-0.2, -0.15) is 0 Å². The van der Waals surface area contributed by atoms with Gasteiger partial charge in [-0.3, -0.25) is 0 Å². The van der Waals surface area contributed by atoms with E-state index < -0.39 is 83.6 Å². The molecule has 0 bridgehead atoms. The highest BCUT2D eigenvalue weighted by atomic mass is 16.6. The molecule has 14 nitrogen and oxygen atoms in total. The van der Waals surface area contributed by atoms with E-state index in [0.717, 1.165) is 30.4 Å². The Balaban J connectivity index is 1.61. The summed E-state index contributed by atoms with van der Waals surface area (Å²) >= 11 is 0. The van der Waals surface area contributed by atoms with Crippen LogP contribution in [-0.4, -0.2) is 83.5 Å². The molecule has 0 unspecified atom stereocenters. The zero-order chi connectivity index (χ0) is 35.0. The van der Waals surface area contributed by atoms with Crippen molar-refractivity contribution in [2.75, 3.05) is 0 Å². The Morgan fingerprint density at radius 3 is 1.40 bits per heavy atom. The number of esters is 3. The first-order chi connectivity index (χ1) is 22.7. The zero-order valence-corrected chi connectivity index (χ0v) is 24.9. The maximum atomic E-state index is 12.9. The Kier molecular flexibility index (Phi) is 10.7. The topological polar surface area (TPSA) is 238 Å². The number of carbonyl (C=O) groups excluding carboxylic acids is 3. The van der Waals surface area contributed by atoms with Crippen molar-refractivity contribution in [1.82, 2.24) is 0 Å². The summed E-state index contributed by atoms with van der Waals surface area (Å²) in [5, 5.41) is 68.6. The minimum Gasteiger partial charge on any atom is -0.508 e. The van der Waals surface area contributed by atoms with E-state index in [1.807, 2.05) is 0 Å². The number of hydrogen-bond acceptors (Lipinski definition) is 13. The lowest BCUT2D eigenvalue weighted by Crippen LogP contribution is -2.59. The van der Waals surface area contributed by atoms with Crippen LogP contribution in [0.3, 0.4) is 0 Å². The second-order valence-electron chi connectivity index (χ2n) is 10.7. The van der Waals surface area contributed by atoms with Crippen molar-refractivity contribution in [2.24, 2.45) is 0 Å². The number of aromatic hydroxyl groups is 5. The number of benzene rings is 3. The second-order valence-corrected chi connectivity index (χ2v) is 10.7. The quantitative estimate of drug-likeness (QED) is 0.0715. The summed E-state index contributed by atoms with van der Waals surface area (Å²) in [6, 6.07) is 13.2. The van der Waals surface area contributed by atoms with Crippen molar-refractivity contribution >= 4 is 42.1 Å². The lowest BCUT2D eigenvalue weighted by molar-refractivity contribution is -0.211. The first kappa shape index (κ1) is 34.6. The van der Waals surface area contributed by atoms with Gasteiger partial charge in [-0.1, -0.05) is 24.3 Å². The number of aliphatic carboxylic acids is 1. The lowest BCUT2D eigenvalue weighted by atomic mass is 9.79. The van der Waals surface area contributed by atoms with Gasteiger partial charge in [-0.15, -0.1) is 0 Å². The standard InChI is InChI=1S/C34H30O14/c35-22-8-1-19(2-9-22)5-12-31(42)48-32-27(46-29(40)13-6-20-3-10-23(36)25(38)15-20)17-34(45,33(43)44)18-28(32)47-30(41)14-7-21-4-11-24(37)26(39)16-21/h1-16,27-28,32,35-39,45H,17-18H2,(H,43,44)/b12-5+,13-6+,14-7+/t27-,28-,32?,34?/m1/s1. The monoisotopic (exact) mass is 662 g/mol. The van der Waals surface area contributed by atoms with Gasteiger partial charge in [0.2, 0.25) is 0 Å². The Hall–Kier alpha value is -6.28. The fraction of sp³-hybridized carbons (Fsp3) is 0.176. The van der Waals surface area contributed by atoms with Gasteiger partial charge in [0.25, 0.3) is 0 Å². The summed E-state index contributed by atoms with van der Waals surface area (Å²) in [7, 11) is 0. The molecule has 48 heavy (non-hydrogen) atoms. The molecular formula is C34H30O14. The number of ether oxygens (including phenoxy) is 3. The van der Waals surface area contributed by atoms with Crippen molar-refractivity contribution < 1.29 is 69.1 Å². The molecule has 3 aromatic carbocycles. The van der Waals surface area contributed by atoms with Crippen molar-refractivity contribution in [3.63, 3.8) is 0 Å². The number of phenols is 5. The van der Waals surface area contributed by atoms with Crippen LogP contribution in [0.25, 0.3) is 18.2 Å². The number of rotatable bonds is 10. The average Bonchev–Trinajstić information content (AvgIpc) is 3.03. The molecule has 0 radical (unpaired) electrons. The largest absolute Gasteiger partial charge is 0.508 e. The van der Waals surface area contributed by atoms with Gasteiger partial charge >= 0.3 is 23.9 Å². The molecule has 1 aliphatic carbocycles. The summed E-state index contributed by atoms with van der Waals surface area (Å²) in [6.07, 6.45) is 0.0860. The molecule has 2 atom stereocenters. The summed E-state index contributed by atoms with van der Waals surface area (Å²) in [5.41, 5.74) is -1.55. The first-order valence-electron chi connectivity index (χ1n) is 14.2. The first-order valence-corrected chi connectivity index (χ1v) is 14.2. The van der Waals surface area contributed by atoms with Gasteiger partial charge in [-0.25, -0.2) is 19.2 Å². The molecule has 4 rings (SSSR count). The molecule has 1 aliphatic rings. The molecular weight excluding hydrogens is 632 g/mol. The number of aliphatic hydroxyl groups is 1. The molecule has 0 amide bonds. The highest BCUT2D eigenvalue weighted by Gasteiger charge is 2.54. The molecule has 250 valence electrons. The summed E-state index contributed by atoms with van der Waals surface area (Å²) in [5.74, 6) is -6.64. The van der Waals surface area contributed by atoms with E-state index in [4.69, 9.17) is 14.2 Å². The van der Waals surface area contributed by atoms with Crippen molar-refractivity contribution in [1.29, 1.82) is 0 Å². The molecule has 0 saturated heterocycles. The number of carboxylic acid groups (broad SMARTS) is 1. The van der Waals surface area contributed by atoms with Crippen LogP contribution in [0.1, 0.15) is 29.5 Å². The van der Waals surface area contributed by atoms with E-state index in [-0.39, 0.29) is 16.9 Å². The fourth-order valence-electron chi connectivity index (χ4n) is 4.68. The number of carboxylic acids is 1. The van der Waals surface area contributed by atoms with Crippen LogP contribution in [0.5, 0.6) is 28.7 Å². The summed E-state index contributed by atoms with van der Waals surface area (Å²) < 4.78 is 16.4. The van der Waals surface area contributed by atoms with Crippen molar-refractivity contribution in [3.8, 4) is 28.7 Å². The predicted octanol–water partition coefficient (Wildman–Crippen LogP) is 3.00. The Bertz CT molecular complexity index is 1690. The van der Waals surface area contributed by atoms with Gasteiger partial charge in [0.15, 0.2) is 34.7 Å². The van der Waals surface area contributed by atoms with Gasteiger partial charge in [0.1, 0.15) is 18.0 Å². The van der Waals surface area contributed by atoms with Gasteiger partial charge in [-0.05, 0) is 71.3 Å². The molecule has 14 heteroatoms. The van der Waals surface area contributed by atoms with Crippen molar-refractivity contribution in [3.05, 3.63) is 95.6 Å². The van der Waals surface area contributed by atoms with E-state index in [0.29, 0.717) is 5.56 Å². The summed E-state index contributed by atoms with van der Waals surface area (Å²) in [4.78, 5) is 50.7. The SMILES string of the molecule is O=C(/C=C/c1ccc(O)cc1)OC1[C@H](OC(=O)/C=C/c2ccc(O)c(O)c2)CC(O)(C(=O)O)C[C@H]1OC(=O)/C=C/c1ccc(O)c(O)c1. The minimum atomic E-state index is -2.60. The van der Waals surface area contributed by atoms with Crippen LogP contribution in [-0.2, 0) is 33.4 Å². The van der Waals surface area contributed by atoms with Gasteiger partial charge < -0.3 is 50.0 Å². The van der Waals surface area contributed by atoms with E-state index >= 15 is 0 Å². The average molecular weight is 663 g/mol. The van der Waals surface area contributed by atoms with E-state index in [2.05, 4.69) is 0 Å². The van der Waals surface area contributed by atoms with Crippen LogP contribution in [0.4, 0.5) is 0 Å². The Labute approximate surface area is 272 Å². The molecule has 1 fully saturated rings.